The fraction of sp³-hybridized carbons (Fsp3) is 0.357. The maximum absolute atomic E-state index is 13.8. The number of pyridine rings is 1. The van der Waals surface area contributed by atoms with Crippen molar-refractivity contribution in [3.05, 3.63) is 88.2 Å². The molecule has 1 heterocycles. The molecule has 206 valence electrons. The van der Waals surface area contributed by atoms with Gasteiger partial charge in [-0.1, -0.05) is 17.7 Å². The van der Waals surface area contributed by atoms with Gasteiger partial charge in [-0.05, 0) is 86.4 Å². The summed E-state index contributed by atoms with van der Waals surface area (Å²) in [5.41, 5.74) is -0.429. The Labute approximate surface area is 229 Å². The molecule has 11 heteroatoms. The Morgan fingerprint density at radius 1 is 1.10 bits per heavy atom. The van der Waals surface area contributed by atoms with Gasteiger partial charge in [-0.15, -0.1) is 0 Å². The monoisotopic (exact) mass is 576 g/mol. The van der Waals surface area contributed by atoms with Crippen LogP contribution in [0.4, 0.5) is 14.5 Å². The number of halogens is 3. The fourth-order valence-corrected chi connectivity index (χ4v) is 8.47. The summed E-state index contributed by atoms with van der Waals surface area (Å²) < 4.78 is 54.3. The number of aromatic nitrogens is 1. The van der Waals surface area contributed by atoms with Crippen molar-refractivity contribution in [2.75, 3.05) is 5.32 Å². The standard InChI is InChI=1S/C28H27ClF2N2O5S/c1-15-3-2-10-32-25(15)26(34)28(36)17-5-6-18(28)13-20(12-17)39(37,38)24-11-16(4-8-21(24)29)27(35)33-19-7-9-22(30)23(31)14-19/h2-4,7-11,14,17-18,20,26,34,36H,5-6,12-13H2,1H3,(H,33,35)/t17?,18?,20?,26-,28?/m1/s1. The van der Waals surface area contributed by atoms with Gasteiger partial charge in [0.05, 0.1) is 20.9 Å². The Kier molecular flexibility index (Phi) is 7.26. The van der Waals surface area contributed by atoms with Gasteiger partial charge in [0, 0.05) is 23.5 Å². The molecular formula is C28H27ClF2N2O5S. The average Bonchev–Trinajstić information content (AvgIpc) is 3.06. The minimum absolute atomic E-state index is 0.00287. The SMILES string of the molecule is Cc1cccnc1[C@@H](O)C1(O)C2CCC1CC(S(=O)(=O)c1cc(C(=O)Nc3ccc(F)c(F)c3)ccc1Cl)C2. The molecule has 3 N–H and O–H groups in total. The normalized spacial score (nSPS) is 25.3. The van der Waals surface area contributed by atoms with Crippen LogP contribution in [-0.4, -0.2) is 40.4 Å². The molecule has 0 spiro atoms. The summed E-state index contributed by atoms with van der Waals surface area (Å²) in [6.07, 6.45) is 1.62. The highest BCUT2D eigenvalue weighted by atomic mass is 35.5. The third kappa shape index (κ3) is 4.84. The van der Waals surface area contributed by atoms with Crippen LogP contribution in [0.5, 0.6) is 0 Å². The number of anilines is 1. The number of sulfone groups is 1. The van der Waals surface area contributed by atoms with Crippen molar-refractivity contribution in [1.29, 1.82) is 0 Å². The molecule has 0 aliphatic heterocycles. The number of hydrogen-bond acceptors (Lipinski definition) is 6. The van der Waals surface area contributed by atoms with Crippen LogP contribution >= 0.6 is 11.6 Å². The first-order valence-electron chi connectivity index (χ1n) is 12.5. The van der Waals surface area contributed by atoms with Crippen LogP contribution in [0.1, 0.15) is 53.4 Å². The number of nitrogens with one attached hydrogen (secondary N) is 1. The van der Waals surface area contributed by atoms with Crippen molar-refractivity contribution in [3.63, 3.8) is 0 Å². The Morgan fingerprint density at radius 3 is 2.44 bits per heavy atom. The van der Waals surface area contributed by atoms with E-state index < -0.39 is 56.2 Å². The number of benzene rings is 2. The lowest BCUT2D eigenvalue weighted by Gasteiger charge is -2.45. The van der Waals surface area contributed by atoms with E-state index in [1.54, 1.807) is 25.3 Å². The Balaban J connectivity index is 1.39. The highest BCUT2D eigenvalue weighted by Gasteiger charge is 2.59. The smallest absolute Gasteiger partial charge is 0.255 e. The number of hydrogen-bond donors (Lipinski definition) is 3. The zero-order valence-electron chi connectivity index (χ0n) is 20.9. The molecule has 2 aromatic carbocycles. The first kappa shape index (κ1) is 27.6. The van der Waals surface area contributed by atoms with E-state index in [1.807, 2.05) is 0 Å². The van der Waals surface area contributed by atoms with Crippen molar-refractivity contribution in [2.45, 2.75) is 54.5 Å². The molecule has 7 nitrogen and oxygen atoms in total. The quantitative estimate of drug-likeness (QED) is 0.380. The van der Waals surface area contributed by atoms with Gasteiger partial charge < -0.3 is 15.5 Å². The van der Waals surface area contributed by atoms with E-state index >= 15 is 0 Å². The Morgan fingerprint density at radius 2 is 1.79 bits per heavy atom. The van der Waals surface area contributed by atoms with Gasteiger partial charge in [0.25, 0.3) is 5.91 Å². The Bertz CT molecular complexity index is 1540. The molecule has 2 saturated carbocycles. The number of nitrogens with zero attached hydrogens (tertiary/aromatic N) is 1. The van der Waals surface area contributed by atoms with Crippen molar-refractivity contribution in [3.8, 4) is 0 Å². The number of aryl methyl sites for hydroxylation is 1. The summed E-state index contributed by atoms with van der Waals surface area (Å²) in [5, 5.41) is 24.4. The average molecular weight is 577 g/mol. The first-order valence-corrected chi connectivity index (χ1v) is 14.5. The van der Waals surface area contributed by atoms with Gasteiger partial charge in [0.15, 0.2) is 21.5 Å². The van der Waals surface area contributed by atoms with Crippen LogP contribution in [0.25, 0.3) is 0 Å². The molecule has 2 aliphatic rings. The lowest BCUT2D eigenvalue weighted by atomic mass is 9.70. The van der Waals surface area contributed by atoms with Gasteiger partial charge in [0.1, 0.15) is 11.7 Å². The molecule has 0 radical (unpaired) electrons. The topological polar surface area (TPSA) is 117 Å². The summed E-state index contributed by atoms with van der Waals surface area (Å²) in [7, 11) is -4.04. The number of aliphatic hydroxyl groups excluding tert-OH is 1. The molecule has 39 heavy (non-hydrogen) atoms. The van der Waals surface area contributed by atoms with Gasteiger partial charge >= 0.3 is 0 Å². The molecule has 1 amide bonds. The summed E-state index contributed by atoms with van der Waals surface area (Å²) in [5.74, 6) is -3.88. The third-order valence-corrected chi connectivity index (χ3v) is 10.8. The van der Waals surface area contributed by atoms with E-state index in [9.17, 15) is 32.2 Å². The first-order chi connectivity index (χ1) is 18.4. The Hall–Kier alpha value is -2.92. The fourth-order valence-electron chi connectivity index (χ4n) is 6.06. The molecule has 5 rings (SSSR count). The lowest BCUT2D eigenvalue weighted by molar-refractivity contribution is -0.146. The minimum Gasteiger partial charge on any atom is -0.386 e. The van der Waals surface area contributed by atoms with Crippen molar-refractivity contribution in [1.82, 2.24) is 4.98 Å². The van der Waals surface area contributed by atoms with E-state index in [1.165, 1.54) is 24.3 Å². The van der Waals surface area contributed by atoms with E-state index in [4.69, 9.17) is 11.6 Å². The lowest BCUT2D eigenvalue weighted by Crippen LogP contribution is -2.52. The van der Waals surface area contributed by atoms with Gasteiger partial charge in [0.2, 0.25) is 0 Å². The highest BCUT2D eigenvalue weighted by molar-refractivity contribution is 7.92. The predicted octanol–water partition coefficient (Wildman–Crippen LogP) is 5.00. The van der Waals surface area contributed by atoms with Crippen molar-refractivity contribution in [2.24, 2.45) is 11.8 Å². The highest BCUT2D eigenvalue weighted by Crippen LogP contribution is 2.56. The number of amides is 1. The second kappa shape index (κ2) is 10.2. The zero-order valence-corrected chi connectivity index (χ0v) is 22.5. The zero-order chi connectivity index (χ0) is 28.1. The largest absolute Gasteiger partial charge is 0.386 e. The van der Waals surface area contributed by atoms with E-state index in [0.29, 0.717) is 18.5 Å². The van der Waals surface area contributed by atoms with Crippen LogP contribution in [0, 0.1) is 30.4 Å². The van der Waals surface area contributed by atoms with Gasteiger partial charge in [-0.2, -0.15) is 0 Å². The van der Waals surface area contributed by atoms with Gasteiger partial charge in [-0.3, -0.25) is 9.78 Å². The van der Waals surface area contributed by atoms with Crippen LogP contribution in [-0.2, 0) is 9.84 Å². The van der Waals surface area contributed by atoms with Crippen LogP contribution in [0.3, 0.4) is 0 Å². The van der Waals surface area contributed by atoms with Crippen molar-refractivity contribution >= 4 is 33.0 Å². The maximum atomic E-state index is 13.8. The number of carbonyl (C=O) groups excluding carboxylic acids is 1. The molecule has 3 atom stereocenters. The molecule has 1 aromatic heterocycles. The van der Waals surface area contributed by atoms with Gasteiger partial charge in [-0.25, -0.2) is 17.2 Å². The molecule has 3 aromatic rings. The predicted molar refractivity (Wildman–Crippen MR) is 141 cm³/mol. The van der Waals surface area contributed by atoms with Crippen LogP contribution < -0.4 is 5.32 Å². The maximum Gasteiger partial charge on any atom is 0.255 e. The van der Waals surface area contributed by atoms with Crippen LogP contribution in [0.2, 0.25) is 5.02 Å². The molecule has 0 saturated heterocycles. The molecule has 2 aliphatic carbocycles. The van der Waals surface area contributed by atoms with E-state index in [2.05, 4.69) is 10.3 Å². The third-order valence-electron chi connectivity index (χ3n) is 8.13. The number of fused-ring (bicyclic) bond motifs is 2. The number of rotatable bonds is 6. The van der Waals surface area contributed by atoms with E-state index in [0.717, 1.165) is 17.7 Å². The molecule has 2 unspecified atom stereocenters. The summed E-state index contributed by atoms with van der Waals surface area (Å²) in [4.78, 5) is 16.8. The summed E-state index contributed by atoms with van der Waals surface area (Å²) in [6.45, 7) is 1.80. The number of aliphatic hydroxyl groups is 2. The molecule has 2 bridgehead atoms. The molecular weight excluding hydrogens is 550 g/mol. The van der Waals surface area contributed by atoms with Crippen molar-refractivity contribution < 1.29 is 32.2 Å². The number of carbonyl (C=O) groups is 1. The molecule has 2 fully saturated rings. The second-order valence-corrected chi connectivity index (χ2v) is 12.9. The second-order valence-electron chi connectivity index (χ2n) is 10.3. The summed E-state index contributed by atoms with van der Waals surface area (Å²) in [6, 6.07) is 10.2. The van der Waals surface area contributed by atoms with E-state index in [-0.39, 0.29) is 34.0 Å². The summed E-state index contributed by atoms with van der Waals surface area (Å²) >= 11 is 6.30. The minimum atomic E-state index is -4.04. The van der Waals surface area contributed by atoms with Crippen LogP contribution in [0.15, 0.2) is 59.6 Å².